The number of aryl methyl sites for hydroxylation is 1. The molecule has 8 nitrogen and oxygen atoms in total. The van der Waals surface area contributed by atoms with Crippen molar-refractivity contribution in [3.63, 3.8) is 0 Å². The van der Waals surface area contributed by atoms with Crippen molar-refractivity contribution in [2.24, 2.45) is 0 Å². The number of carbonyl (C=O) groups excluding carboxylic acids is 2. The summed E-state index contributed by atoms with van der Waals surface area (Å²) in [6, 6.07) is 10.7. The van der Waals surface area contributed by atoms with Gasteiger partial charge in [0.2, 0.25) is 0 Å². The predicted molar refractivity (Wildman–Crippen MR) is 105 cm³/mol. The number of fused-ring (bicyclic) bond motifs is 1. The van der Waals surface area contributed by atoms with Crippen LogP contribution in [0.1, 0.15) is 31.6 Å². The number of pyridine rings is 1. The van der Waals surface area contributed by atoms with Crippen molar-refractivity contribution >= 4 is 33.8 Å². The van der Waals surface area contributed by atoms with Gasteiger partial charge in [0.05, 0.1) is 16.1 Å². The Balaban J connectivity index is 1.37. The summed E-state index contributed by atoms with van der Waals surface area (Å²) in [4.78, 5) is 25.1. The molecule has 0 aromatic carbocycles. The van der Waals surface area contributed by atoms with Gasteiger partial charge in [-0.2, -0.15) is 0 Å². The van der Waals surface area contributed by atoms with Gasteiger partial charge in [0.25, 0.3) is 11.8 Å². The number of hydrogen-bond donors (Lipinski definition) is 2. The second-order valence-corrected chi connectivity index (χ2v) is 7.16. The zero-order valence-corrected chi connectivity index (χ0v) is 15.8. The van der Waals surface area contributed by atoms with Gasteiger partial charge in [0.1, 0.15) is 5.82 Å². The molecule has 0 atom stereocenters. The third kappa shape index (κ3) is 3.65. The molecular formula is C19H17N5O3S. The van der Waals surface area contributed by atoms with E-state index in [0.29, 0.717) is 22.8 Å². The normalized spacial score (nSPS) is 10.9. The number of aromatic nitrogens is 3. The third-order valence-corrected chi connectivity index (χ3v) is 5.28. The number of nitrogens with zero attached hydrogens (tertiary/aromatic N) is 3. The zero-order valence-electron chi connectivity index (χ0n) is 15.0. The molecular weight excluding hydrogens is 378 g/mol. The molecule has 0 unspecified atom stereocenters. The molecule has 0 aliphatic heterocycles. The minimum Gasteiger partial charge on any atom is -0.459 e. The van der Waals surface area contributed by atoms with E-state index in [4.69, 9.17) is 4.42 Å². The van der Waals surface area contributed by atoms with E-state index in [1.807, 2.05) is 35.7 Å². The summed E-state index contributed by atoms with van der Waals surface area (Å²) in [6.45, 7) is 2.26. The van der Waals surface area contributed by atoms with E-state index in [1.54, 1.807) is 18.2 Å². The molecule has 4 aromatic heterocycles. The molecule has 4 aromatic rings. The maximum atomic E-state index is 12.5. The number of carbonyl (C=O) groups is 2. The molecule has 2 N–H and O–H groups in total. The Labute approximate surface area is 164 Å². The fourth-order valence-electron chi connectivity index (χ4n) is 2.78. The van der Waals surface area contributed by atoms with Crippen LogP contribution in [-0.2, 0) is 6.42 Å². The first-order chi connectivity index (χ1) is 13.6. The second-order valence-electron chi connectivity index (χ2n) is 6.11. The molecule has 0 saturated heterocycles. The number of furan rings is 1. The lowest BCUT2D eigenvalue weighted by Gasteiger charge is -2.04. The molecule has 142 valence electrons. The number of anilines is 1. The maximum absolute atomic E-state index is 12.5. The van der Waals surface area contributed by atoms with Crippen LogP contribution in [-0.4, -0.2) is 33.0 Å². The van der Waals surface area contributed by atoms with Crippen molar-refractivity contribution in [1.29, 1.82) is 0 Å². The lowest BCUT2D eigenvalue weighted by Crippen LogP contribution is -2.26. The van der Waals surface area contributed by atoms with Crippen molar-refractivity contribution in [1.82, 2.24) is 19.9 Å². The van der Waals surface area contributed by atoms with Crippen LogP contribution in [0.25, 0.3) is 5.65 Å². The summed E-state index contributed by atoms with van der Waals surface area (Å²) in [5, 5.41) is 14.5. The summed E-state index contributed by atoms with van der Waals surface area (Å²) in [5.74, 6) is 0.467. The van der Waals surface area contributed by atoms with Crippen LogP contribution in [0.5, 0.6) is 0 Å². The molecule has 4 rings (SSSR count). The lowest BCUT2D eigenvalue weighted by molar-refractivity contribution is 0.0956. The Bertz CT molecular complexity index is 1130. The zero-order chi connectivity index (χ0) is 19.5. The van der Waals surface area contributed by atoms with Gasteiger partial charge in [-0.1, -0.05) is 6.07 Å². The van der Waals surface area contributed by atoms with Crippen LogP contribution in [0, 0.1) is 6.92 Å². The monoisotopic (exact) mass is 395 g/mol. The van der Waals surface area contributed by atoms with Gasteiger partial charge in [0.15, 0.2) is 11.4 Å². The van der Waals surface area contributed by atoms with E-state index in [9.17, 15) is 9.59 Å². The van der Waals surface area contributed by atoms with Gasteiger partial charge in [-0.05, 0) is 42.8 Å². The first-order valence-electron chi connectivity index (χ1n) is 8.64. The molecule has 28 heavy (non-hydrogen) atoms. The molecule has 0 radical (unpaired) electrons. The first kappa shape index (κ1) is 17.9. The molecule has 0 bridgehead atoms. The SMILES string of the molecule is Cc1cc(NC(=O)c2ccco2)sc1C(=O)NCCc1nnc2ccccn12. The Morgan fingerprint density at radius 3 is 2.89 bits per heavy atom. The Hall–Kier alpha value is -3.46. The maximum Gasteiger partial charge on any atom is 0.291 e. The van der Waals surface area contributed by atoms with Gasteiger partial charge in [-0.25, -0.2) is 0 Å². The molecule has 0 spiro atoms. The van der Waals surface area contributed by atoms with E-state index in [0.717, 1.165) is 17.0 Å². The second kappa shape index (κ2) is 7.65. The summed E-state index contributed by atoms with van der Waals surface area (Å²) in [5.41, 5.74) is 1.57. The highest BCUT2D eigenvalue weighted by Crippen LogP contribution is 2.27. The number of hydrogen-bond acceptors (Lipinski definition) is 6. The quantitative estimate of drug-likeness (QED) is 0.523. The van der Waals surface area contributed by atoms with Gasteiger partial charge < -0.3 is 15.1 Å². The van der Waals surface area contributed by atoms with Gasteiger partial charge >= 0.3 is 0 Å². The number of rotatable bonds is 6. The van der Waals surface area contributed by atoms with Crippen LogP contribution in [0.2, 0.25) is 0 Å². The third-order valence-electron chi connectivity index (χ3n) is 4.12. The fourth-order valence-corrected chi connectivity index (χ4v) is 3.76. The number of thiophene rings is 1. The summed E-state index contributed by atoms with van der Waals surface area (Å²) < 4.78 is 6.96. The van der Waals surface area contributed by atoms with Crippen LogP contribution in [0.3, 0.4) is 0 Å². The van der Waals surface area contributed by atoms with Gasteiger partial charge in [-0.15, -0.1) is 21.5 Å². The molecule has 0 saturated carbocycles. The number of amides is 2. The minimum absolute atomic E-state index is 0.185. The molecule has 9 heteroatoms. The van der Waals surface area contributed by atoms with Crippen LogP contribution in [0.15, 0.2) is 53.3 Å². The molecule has 0 fully saturated rings. The van der Waals surface area contributed by atoms with Crippen molar-refractivity contribution in [3.8, 4) is 0 Å². The topological polar surface area (TPSA) is 102 Å². The Morgan fingerprint density at radius 2 is 2.07 bits per heavy atom. The summed E-state index contributed by atoms with van der Waals surface area (Å²) >= 11 is 1.22. The van der Waals surface area contributed by atoms with E-state index >= 15 is 0 Å². The standard InChI is InChI=1S/C19H17N5O3S/c1-12-11-16(21-18(25)13-5-4-10-27-13)28-17(12)19(26)20-8-7-15-23-22-14-6-2-3-9-24(14)15/h2-6,9-11H,7-8H2,1H3,(H,20,26)(H,21,25). The molecule has 4 heterocycles. The Kier molecular flexibility index (Phi) is 4.90. The lowest BCUT2D eigenvalue weighted by atomic mass is 10.2. The van der Waals surface area contributed by atoms with Crippen LogP contribution in [0.4, 0.5) is 5.00 Å². The summed E-state index contributed by atoms with van der Waals surface area (Å²) in [7, 11) is 0. The predicted octanol–water partition coefficient (Wildman–Crippen LogP) is 2.92. The van der Waals surface area contributed by atoms with E-state index < -0.39 is 0 Å². The van der Waals surface area contributed by atoms with Gasteiger partial charge in [0, 0.05) is 19.2 Å². The largest absolute Gasteiger partial charge is 0.459 e. The smallest absolute Gasteiger partial charge is 0.291 e. The molecule has 0 aliphatic carbocycles. The van der Waals surface area contributed by atoms with Crippen molar-refractivity contribution in [2.75, 3.05) is 11.9 Å². The van der Waals surface area contributed by atoms with Crippen LogP contribution < -0.4 is 10.6 Å². The Morgan fingerprint density at radius 1 is 1.18 bits per heavy atom. The average Bonchev–Trinajstić information content (AvgIpc) is 3.42. The first-order valence-corrected chi connectivity index (χ1v) is 9.45. The van der Waals surface area contributed by atoms with Crippen LogP contribution >= 0.6 is 11.3 Å². The average molecular weight is 395 g/mol. The van der Waals surface area contributed by atoms with E-state index in [1.165, 1.54) is 17.6 Å². The highest BCUT2D eigenvalue weighted by molar-refractivity contribution is 7.18. The minimum atomic E-state index is -0.350. The fraction of sp³-hybridized carbons (Fsp3) is 0.158. The van der Waals surface area contributed by atoms with Crippen molar-refractivity contribution in [2.45, 2.75) is 13.3 Å². The number of nitrogens with one attached hydrogen (secondary N) is 2. The summed E-state index contributed by atoms with van der Waals surface area (Å²) in [6.07, 6.45) is 3.89. The molecule has 0 aliphatic rings. The van der Waals surface area contributed by atoms with E-state index in [2.05, 4.69) is 20.8 Å². The van der Waals surface area contributed by atoms with Gasteiger partial charge in [-0.3, -0.25) is 14.0 Å². The highest BCUT2D eigenvalue weighted by Gasteiger charge is 2.16. The highest BCUT2D eigenvalue weighted by atomic mass is 32.1. The van der Waals surface area contributed by atoms with E-state index in [-0.39, 0.29) is 17.6 Å². The van der Waals surface area contributed by atoms with Crippen molar-refractivity contribution < 1.29 is 14.0 Å². The molecule has 2 amide bonds. The van der Waals surface area contributed by atoms with Crippen molar-refractivity contribution in [3.05, 3.63) is 70.9 Å².